The van der Waals surface area contributed by atoms with Crippen molar-refractivity contribution in [2.75, 3.05) is 0 Å². The van der Waals surface area contributed by atoms with Gasteiger partial charge in [-0.2, -0.15) is 0 Å². The van der Waals surface area contributed by atoms with Crippen LogP contribution in [0.15, 0.2) is 114 Å². The molecule has 0 aromatic heterocycles. The molecule has 0 fully saturated rings. The Balaban J connectivity index is 0.00000287. The highest BCUT2D eigenvalue weighted by atomic mass is 32.1. The minimum absolute atomic E-state index is 0.880. The van der Waals surface area contributed by atoms with Crippen LogP contribution in [0.2, 0.25) is 0 Å². The lowest BCUT2D eigenvalue weighted by atomic mass is 9.83. The number of rotatable bonds is 11. The van der Waals surface area contributed by atoms with Crippen molar-refractivity contribution in [3.05, 3.63) is 142 Å². The van der Waals surface area contributed by atoms with Gasteiger partial charge in [-0.25, -0.2) is 0 Å². The molecule has 0 unspecified atom stereocenters. The van der Waals surface area contributed by atoms with E-state index in [0.29, 0.717) is 0 Å². The summed E-state index contributed by atoms with van der Waals surface area (Å²) in [5, 5.41) is 2.78. The van der Waals surface area contributed by atoms with Gasteiger partial charge >= 0.3 is 0 Å². The fraction of sp³-hybridized carbons (Fsp3) is 0.282. The largest absolute Gasteiger partial charge is 0.143 e. The molecule has 0 amide bonds. The van der Waals surface area contributed by atoms with E-state index >= 15 is 0 Å². The molecule has 0 N–H and O–H groups in total. The van der Waals surface area contributed by atoms with Crippen LogP contribution in [0.25, 0.3) is 21.8 Å². The van der Waals surface area contributed by atoms with E-state index in [-0.39, 0.29) is 0 Å². The first kappa shape index (κ1) is 34.3. The van der Waals surface area contributed by atoms with Crippen molar-refractivity contribution in [1.29, 1.82) is 0 Å². The molecule has 41 heavy (non-hydrogen) atoms. The molecule has 0 saturated carbocycles. The second-order valence-corrected chi connectivity index (χ2v) is 10.8. The Morgan fingerprint density at radius 2 is 1.56 bits per heavy atom. The summed E-state index contributed by atoms with van der Waals surface area (Å²) in [6, 6.07) is 6.90. The number of thiol groups is 2. The van der Waals surface area contributed by atoms with Gasteiger partial charge < -0.3 is 0 Å². The molecule has 0 atom stereocenters. The molecule has 216 valence electrons. The maximum absolute atomic E-state index is 4.88. The van der Waals surface area contributed by atoms with Gasteiger partial charge in [0.15, 0.2) is 0 Å². The van der Waals surface area contributed by atoms with E-state index in [9.17, 15) is 0 Å². The zero-order valence-corrected chi connectivity index (χ0v) is 27.4. The van der Waals surface area contributed by atoms with Crippen molar-refractivity contribution in [3.63, 3.8) is 0 Å². The molecule has 0 bridgehead atoms. The van der Waals surface area contributed by atoms with Crippen molar-refractivity contribution in [2.24, 2.45) is 0 Å². The lowest BCUT2D eigenvalue weighted by molar-refractivity contribution is 0.898. The van der Waals surface area contributed by atoms with Gasteiger partial charge in [-0.3, -0.25) is 0 Å². The van der Waals surface area contributed by atoms with Gasteiger partial charge in [0.1, 0.15) is 0 Å². The third-order valence-corrected chi connectivity index (χ3v) is 7.48. The van der Waals surface area contributed by atoms with Gasteiger partial charge in [-0.15, -0.1) is 25.3 Å². The van der Waals surface area contributed by atoms with Gasteiger partial charge in [0, 0.05) is 9.81 Å². The minimum atomic E-state index is 0.880. The summed E-state index contributed by atoms with van der Waals surface area (Å²) < 4.78 is 0. The molecular weight excluding hydrogens is 533 g/mol. The third-order valence-electron chi connectivity index (χ3n) is 6.78. The highest BCUT2D eigenvalue weighted by Gasteiger charge is 2.17. The number of allylic oxidation sites excluding steroid dienone is 14. The summed E-state index contributed by atoms with van der Waals surface area (Å²) >= 11 is 9.48. The zero-order valence-electron chi connectivity index (χ0n) is 25.7. The predicted molar refractivity (Wildman–Crippen MR) is 195 cm³/mol. The van der Waals surface area contributed by atoms with Gasteiger partial charge in [0.25, 0.3) is 0 Å². The summed E-state index contributed by atoms with van der Waals surface area (Å²) in [5.41, 5.74) is 8.24. The van der Waals surface area contributed by atoms with Crippen molar-refractivity contribution >= 4 is 47.0 Å². The standard InChI is InChI=1S/C37H42S2.C2H6/c1-5-8-11-18-28(4)19-14-20-30(38)21-15-24-37(39)29-25-26-35-31(16-6-2)33-22-12-9-10-13-23-34(33)32(17-7-3)36(35)27-29;1-2/h5,8,10-15,18-22,24-27,38-39H,1,6-7,9,16-17,23H2,2-4H3;1-2H3/b11-8-,13-10?,19-14+,21-15+,22-12-,28-18+,30-20-,37-24-;. The molecule has 0 saturated heterocycles. The van der Waals surface area contributed by atoms with E-state index in [4.69, 9.17) is 12.6 Å². The van der Waals surface area contributed by atoms with Crippen LogP contribution in [0.4, 0.5) is 0 Å². The maximum Gasteiger partial charge on any atom is 0.0113 e. The first-order valence-corrected chi connectivity index (χ1v) is 15.9. The monoisotopic (exact) mass is 580 g/mol. The van der Waals surface area contributed by atoms with Crippen LogP contribution < -0.4 is 0 Å². The van der Waals surface area contributed by atoms with Crippen LogP contribution in [-0.4, -0.2) is 0 Å². The van der Waals surface area contributed by atoms with E-state index in [0.717, 1.165) is 59.5 Å². The second-order valence-electron chi connectivity index (χ2n) is 9.82. The Kier molecular flexibility index (Phi) is 16.1. The Morgan fingerprint density at radius 1 is 0.829 bits per heavy atom. The molecule has 2 heteroatoms. The van der Waals surface area contributed by atoms with E-state index in [1.807, 2.05) is 56.4 Å². The van der Waals surface area contributed by atoms with Crippen LogP contribution in [0.5, 0.6) is 0 Å². The Labute approximate surface area is 261 Å². The first-order chi connectivity index (χ1) is 20.0. The summed E-state index contributed by atoms with van der Waals surface area (Å²) in [5.74, 6) is 0. The second kappa shape index (κ2) is 19.2. The molecule has 0 spiro atoms. The molecule has 1 aliphatic carbocycles. The minimum Gasteiger partial charge on any atom is -0.143 e. The Morgan fingerprint density at radius 3 is 2.29 bits per heavy atom. The quantitative estimate of drug-likeness (QED) is 0.147. The number of aryl methyl sites for hydroxylation is 2. The summed E-state index contributed by atoms with van der Waals surface area (Å²) in [4.78, 5) is 1.83. The summed E-state index contributed by atoms with van der Waals surface area (Å²) in [6.45, 7) is 14.3. The number of fused-ring (bicyclic) bond motifs is 2. The Hall–Kier alpha value is -2.94. The van der Waals surface area contributed by atoms with Gasteiger partial charge in [0.2, 0.25) is 0 Å². The van der Waals surface area contributed by atoms with Gasteiger partial charge in [-0.1, -0.05) is 132 Å². The molecular formula is C39H48S2. The number of hydrogen-bond acceptors (Lipinski definition) is 2. The SMILES string of the molecule is C=C\C=C/C=C(C)/C=C/C=C(S)/C=C/C=C(\S)c1ccc2c(CCC)c3c(c(CCC)c2c1)CC=CC/C=C\3.CC. The molecule has 3 rings (SSSR count). The number of hydrogen-bond donors (Lipinski definition) is 2. The van der Waals surface area contributed by atoms with Gasteiger partial charge in [-0.05, 0) is 95.5 Å². The van der Waals surface area contributed by atoms with Crippen molar-refractivity contribution in [3.8, 4) is 0 Å². The number of benzene rings is 2. The molecule has 0 nitrogen and oxygen atoms in total. The van der Waals surface area contributed by atoms with E-state index in [2.05, 4.69) is 94.6 Å². The molecule has 0 radical (unpaired) electrons. The average Bonchev–Trinajstić information content (AvgIpc) is 2.96. The molecule has 0 aliphatic heterocycles. The lowest BCUT2D eigenvalue weighted by Gasteiger charge is -2.22. The Bertz CT molecular complexity index is 1400. The molecule has 2 aromatic rings. The van der Waals surface area contributed by atoms with Crippen LogP contribution in [-0.2, 0) is 19.3 Å². The highest BCUT2D eigenvalue weighted by molar-refractivity contribution is 7.90. The van der Waals surface area contributed by atoms with Crippen LogP contribution in [0.3, 0.4) is 0 Å². The fourth-order valence-corrected chi connectivity index (χ4v) is 5.35. The topological polar surface area (TPSA) is 0 Å². The normalized spacial score (nSPS) is 15.2. The van der Waals surface area contributed by atoms with E-state index < -0.39 is 0 Å². The van der Waals surface area contributed by atoms with Crippen molar-refractivity contribution < 1.29 is 0 Å². The molecule has 2 aromatic carbocycles. The van der Waals surface area contributed by atoms with E-state index in [1.54, 1.807) is 6.08 Å². The van der Waals surface area contributed by atoms with Crippen LogP contribution >= 0.6 is 25.3 Å². The summed E-state index contributed by atoms with van der Waals surface area (Å²) in [6.07, 6.45) is 35.6. The maximum atomic E-state index is 4.88. The van der Waals surface area contributed by atoms with Crippen molar-refractivity contribution in [1.82, 2.24) is 0 Å². The summed E-state index contributed by atoms with van der Waals surface area (Å²) in [7, 11) is 0. The smallest absolute Gasteiger partial charge is 0.0113 e. The highest BCUT2D eigenvalue weighted by Crippen LogP contribution is 2.36. The van der Waals surface area contributed by atoms with E-state index in [1.165, 1.54) is 33.0 Å². The van der Waals surface area contributed by atoms with Crippen LogP contribution in [0, 0.1) is 0 Å². The fourth-order valence-electron chi connectivity index (χ4n) is 4.95. The average molecular weight is 581 g/mol. The van der Waals surface area contributed by atoms with Crippen molar-refractivity contribution in [2.45, 2.75) is 73.1 Å². The molecule has 0 heterocycles. The predicted octanol–water partition coefficient (Wildman–Crippen LogP) is 12.2. The lowest BCUT2D eigenvalue weighted by Crippen LogP contribution is -2.05. The zero-order chi connectivity index (χ0) is 30.0. The molecule has 1 aliphatic rings. The van der Waals surface area contributed by atoms with Gasteiger partial charge in [0.05, 0.1) is 0 Å². The third kappa shape index (κ3) is 10.4. The van der Waals surface area contributed by atoms with Crippen LogP contribution in [0.1, 0.15) is 81.7 Å². The first-order valence-electron chi connectivity index (χ1n) is 15.0.